The molecule has 0 spiro atoms. The summed E-state index contributed by atoms with van der Waals surface area (Å²) in [5.41, 5.74) is 0.196. The maximum Gasteiger partial charge on any atom is 0.284 e. The van der Waals surface area contributed by atoms with Gasteiger partial charge in [0.05, 0.1) is 9.82 Å². The van der Waals surface area contributed by atoms with Crippen LogP contribution in [0.25, 0.3) is 0 Å². The third-order valence-electron chi connectivity index (χ3n) is 4.09. The van der Waals surface area contributed by atoms with Crippen molar-refractivity contribution in [2.24, 2.45) is 4.40 Å². The molecule has 8 nitrogen and oxygen atoms in total. The summed E-state index contributed by atoms with van der Waals surface area (Å²) in [6, 6.07) is 3.87. The number of piperazine rings is 1. The summed E-state index contributed by atoms with van der Waals surface area (Å²) in [6.07, 6.45) is 0.483. The molecule has 0 bridgehead atoms. The molecule has 1 aliphatic heterocycles. The standard InChI is InChI=1S/C15H22N4O4S/c1-4-15(18-9-7-17(3)8-10-18)16-24(22,23)13-6-5-12(2)14(11-13)19(20)21/h5-6,11H,4,7-10H2,1-3H3. The van der Waals surface area contributed by atoms with E-state index in [4.69, 9.17) is 0 Å². The molecule has 1 aromatic carbocycles. The second kappa shape index (κ2) is 7.27. The molecular formula is C15H22N4O4S. The number of nitrogens with zero attached hydrogens (tertiary/aromatic N) is 4. The molecule has 132 valence electrons. The Morgan fingerprint density at radius 2 is 1.92 bits per heavy atom. The van der Waals surface area contributed by atoms with Crippen molar-refractivity contribution in [2.75, 3.05) is 33.2 Å². The summed E-state index contributed by atoms with van der Waals surface area (Å²) < 4.78 is 29.0. The lowest BCUT2D eigenvalue weighted by Crippen LogP contribution is -2.47. The molecule has 0 radical (unpaired) electrons. The highest BCUT2D eigenvalue weighted by molar-refractivity contribution is 7.90. The Hall–Kier alpha value is -2.00. The Morgan fingerprint density at radius 1 is 1.29 bits per heavy atom. The number of hydrogen-bond acceptors (Lipinski definition) is 5. The van der Waals surface area contributed by atoms with E-state index in [9.17, 15) is 18.5 Å². The molecule has 0 unspecified atom stereocenters. The van der Waals surface area contributed by atoms with E-state index in [1.807, 2.05) is 18.9 Å². The monoisotopic (exact) mass is 354 g/mol. The predicted octanol–water partition coefficient (Wildman–Crippen LogP) is 1.65. The fourth-order valence-electron chi connectivity index (χ4n) is 2.55. The molecular weight excluding hydrogens is 332 g/mol. The summed E-state index contributed by atoms with van der Waals surface area (Å²) in [4.78, 5) is 14.4. The van der Waals surface area contributed by atoms with Crippen LogP contribution in [0.15, 0.2) is 27.5 Å². The summed E-state index contributed by atoms with van der Waals surface area (Å²) in [6.45, 7) is 6.54. The van der Waals surface area contributed by atoms with Gasteiger partial charge in [-0.2, -0.15) is 8.42 Å². The molecule has 0 N–H and O–H groups in total. The highest BCUT2D eigenvalue weighted by Gasteiger charge is 2.22. The molecule has 24 heavy (non-hydrogen) atoms. The summed E-state index contributed by atoms with van der Waals surface area (Å²) >= 11 is 0. The molecule has 0 aromatic heterocycles. The fourth-order valence-corrected chi connectivity index (χ4v) is 3.68. The number of nitro groups is 1. The van der Waals surface area contributed by atoms with Crippen LogP contribution in [0.1, 0.15) is 18.9 Å². The van der Waals surface area contributed by atoms with Gasteiger partial charge in [-0.3, -0.25) is 10.1 Å². The van der Waals surface area contributed by atoms with Crippen molar-refractivity contribution in [3.8, 4) is 0 Å². The van der Waals surface area contributed by atoms with Crippen molar-refractivity contribution < 1.29 is 13.3 Å². The lowest BCUT2D eigenvalue weighted by Gasteiger charge is -2.34. The molecule has 0 aliphatic carbocycles. The second-order valence-electron chi connectivity index (χ2n) is 5.83. The summed E-state index contributed by atoms with van der Waals surface area (Å²) in [5, 5.41) is 11.0. The molecule has 0 saturated carbocycles. The van der Waals surface area contributed by atoms with Gasteiger partial charge in [0.15, 0.2) is 0 Å². The van der Waals surface area contributed by atoms with Crippen LogP contribution in [-0.2, 0) is 10.0 Å². The van der Waals surface area contributed by atoms with Crippen molar-refractivity contribution in [2.45, 2.75) is 25.2 Å². The van der Waals surface area contributed by atoms with Crippen LogP contribution in [0.3, 0.4) is 0 Å². The van der Waals surface area contributed by atoms with E-state index < -0.39 is 14.9 Å². The van der Waals surface area contributed by atoms with Crippen LogP contribution in [0.2, 0.25) is 0 Å². The topological polar surface area (TPSA) is 96.1 Å². The third-order valence-corrected chi connectivity index (χ3v) is 5.39. The minimum Gasteiger partial charge on any atom is -0.357 e. The highest BCUT2D eigenvalue weighted by Crippen LogP contribution is 2.24. The van der Waals surface area contributed by atoms with Crippen LogP contribution in [0.5, 0.6) is 0 Å². The van der Waals surface area contributed by atoms with Crippen LogP contribution >= 0.6 is 0 Å². The Labute approximate surface area is 142 Å². The first-order valence-electron chi connectivity index (χ1n) is 7.77. The van der Waals surface area contributed by atoms with E-state index in [2.05, 4.69) is 9.30 Å². The van der Waals surface area contributed by atoms with E-state index in [0.29, 0.717) is 30.9 Å². The zero-order chi connectivity index (χ0) is 17.9. The van der Waals surface area contributed by atoms with Crippen LogP contribution in [-0.4, -0.2) is 62.2 Å². The smallest absolute Gasteiger partial charge is 0.284 e. The minimum absolute atomic E-state index is 0.153. The molecule has 1 heterocycles. The average Bonchev–Trinajstić information content (AvgIpc) is 2.53. The number of sulfonamides is 1. The lowest BCUT2D eigenvalue weighted by molar-refractivity contribution is -0.385. The van der Waals surface area contributed by atoms with Gasteiger partial charge in [-0.15, -0.1) is 4.40 Å². The molecule has 0 amide bonds. The SMILES string of the molecule is CCC(=NS(=O)(=O)c1ccc(C)c([N+](=O)[O-])c1)N1CCN(C)CC1. The number of likely N-dealkylation sites (N-methyl/N-ethyl adjacent to an activating group) is 1. The molecule has 1 saturated heterocycles. The first-order chi connectivity index (χ1) is 11.2. The van der Waals surface area contributed by atoms with Gasteiger partial charge >= 0.3 is 0 Å². The zero-order valence-electron chi connectivity index (χ0n) is 14.1. The van der Waals surface area contributed by atoms with Crippen LogP contribution < -0.4 is 0 Å². The number of aryl methyl sites for hydroxylation is 1. The van der Waals surface area contributed by atoms with Crippen molar-refractivity contribution in [1.29, 1.82) is 0 Å². The first-order valence-corrected chi connectivity index (χ1v) is 9.21. The van der Waals surface area contributed by atoms with Crippen LogP contribution in [0.4, 0.5) is 5.69 Å². The van der Waals surface area contributed by atoms with Gasteiger partial charge in [0.1, 0.15) is 5.84 Å². The van der Waals surface area contributed by atoms with E-state index in [-0.39, 0.29) is 10.6 Å². The van der Waals surface area contributed by atoms with Gasteiger partial charge < -0.3 is 9.80 Å². The van der Waals surface area contributed by atoms with Crippen molar-refractivity contribution in [1.82, 2.24) is 9.80 Å². The Bertz CT molecular complexity index is 753. The van der Waals surface area contributed by atoms with Gasteiger partial charge in [-0.05, 0) is 20.0 Å². The molecule has 0 atom stereocenters. The Kier molecular flexibility index (Phi) is 5.55. The predicted molar refractivity (Wildman–Crippen MR) is 91.8 cm³/mol. The molecule has 1 fully saturated rings. The van der Waals surface area contributed by atoms with E-state index in [1.54, 1.807) is 6.92 Å². The van der Waals surface area contributed by atoms with Crippen molar-refractivity contribution in [3.63, 3.8) is 0 Å². The maximum absolute atomic E-state index is 12.5. The first kappa shape index (κ1) is 18.3. The fraction of sp³-hybridized carbons (Fsp3) is 0.533. The summed E-state index contributed by atoms with van der Waals surface area (Å²) in [5.74, 6) is 0.492. The van der Waals surface area contributed by atoms with E-state index in [1.165, 1.54) is 12.1 Å². The second-order valence-corrected chi connectivity index (χ2v) is 7.44. The van der Waals surface area contributed by atoms with Gasteiger partial charge in [0, 0.05) is 44.2 Å². The summed E-state index contributed by atoms with van der Waals surface area (Å²) in [7, 11) is -1.96. The van der Waals surface area contributed by atoms with Gasteiger partial charge in [-0.25, -0.2) is 0 Å². The minimum atomic E-state index is -3.98. The Morgan fingerprint density at radius 3 is 2.46 bits per heavy atom. The normalized spacial score (nSPS) is 17.1. The largest absolute Gasteiger partial charge is 0.357 e. The number of nitro benzene ring substituents is 1. The van der Waals surface area contributed by atoms with E-state index >= 15 is 0 Å². The van der Waals surface area contributed by atoms with Crippen molar-refractivity contribution >= 4 is 21.5 Å². The maximum atomic E-state index is 12.5. The number of benzene rings is 1. The quantitative estimate of drug-likeness (QED) is 0.353. The lowest BCUT2D eigenvalue weighted by atomic mass is 10.2. The number of hydrogen-bond donors (Lipinski definition) is 0. The zero-order valence-corrected chi connectivity index (χ0v) is 14.9. The number of amidine groups is 1. The number of rotatable bonds is 4. The van der Waals surface area contributed by atoms with Gasteiger partial charge in [-0.1, -0.05) is 13.0 Å². The molecule has 2 rings (SSSR count). The van der Waals surface area contributed by atoms with Gasteiger partial charge in [0.2, 0.25) is 0 Å². The van der Waals surface area contributed by atoms with E-state index in [0.717, 1.165) is 19.2 Å². The molecule has 1 aliphatic rings. The van der Waals surface area contributed by atoms with Gasteiger partial charge in [0.25, 0.3) is 15.7 Å². The van der Waals surface area contributed by atoms with Crippen molar-refractivity contribution in [3.05, 3.63) is 33.9 Å². The highest BCUT2D eigenvalue weighted by atomic mass is 32.2. The van der Waals surface area contributed by atoms with Crippen LogP contribution in [0, 0.1) is 17.0 Å². The average molecular weight is 354 g/mol. The molecule has 1 aromatic rings. The molecule has 9 heteroatoms. The third kappa shape index (κ3) is 4.09. The Balaban J connectivity index is 2.35.